The van der Waals surface area contributed by atoms with Gasteiger partial charge in [-0.3, -0.25) is 4.79 Å². The van der Waals surface area contributed by atoms with Gasteiger partial charge in [-0.1, -0.05) is 73.9 Å². The summed E-state index contributed by atoms with van der Waals surface area (Å²) in [5.74, 6) is 1.36. The molecule has 1 nitrogen and oxygen atoms in total. The highest BCUT2D eigenvalue weighted by Crippen LogP contribution is 2.31. The molecule has 22 heavy (non-hydrogen) atoms. The predicted molar refractivity (Wildman–Crippen MR) is 92.1 cm³/mol. The van der Waals surface area contributed by atoms with E-state index in [0.717, 1.165) is 24.3 Å². The third kappa shape index (κ3) is 3.30. The van der Waals surface area contributed by atoms with E-state index in [-0.39, 0.29) is 5.92 Å². The first kappa shape index (κ1) is 15.0. The van der Waals surface area contributed by atoms with Gasteiger partial charge >= 0.3 is 0 Å². The Morgan fingerprint density at radius 2 is 1.32 bits per heavy atom. The highest BCUT2D eigenvalue weighted by Gasteiger charge is 2.25. The molecule has 0 bridgehead atoms. The average Bonchev–Trinajstić information content (AvgIpc) is 2.56. The molecule has 114 valence electrons. The van der Waals surface area contributed by atoms with Gasteiger partial charge in [0.25, 0.3) is 0 Å². The van der Waals surface area contributed by atoms with Crippen molar-refractivity contribution < 1.29 is 4.79 Å². The van der Waals surface area contributed by atoms with Crippen LogP contribution in [0.5, 0.6) is 0 Å². The van der Waals surface area contributed by atoms with Crippen molar-refractivity contribution in [3.05, 3.63) is 59.7 Å². The topological polar surface area (TPSA) is 17.1 Å². The zero-order valence-corrected chi connectivity index (χ0v) is 13.5. The molecular formula is C21H24O. The Kier molecular flexibility index (Phi) is 4.42. The first-order valence-corrected chi connectivity index (χ1v) is 8.35. The summed E-state index contributed by atoms with van der Waals surface area (Å²) in [6.45, 7) is 4.38. The Bertz CT molecular complexity index is 629. The molecule has 2 aromatic carbocycles. The quantitative estimate of drug-likeness (QED) is 0.666. The van der Waals surface area contributed by atoms with Crippen LogP contribution in [0.1, 0.15) is 48.5 Å². The van der Waals surface area contributed by atoms with Gasteiger partial charge in [0.05, 0.1) is 0 Å². The van der Waals surface area contributed by atoms with Gasteiger partial charge in [0, 0.05) is 11.5 Å². The van der Waals surface area contributed by atoms with Crippen LogP contribution in [0.2, 0.25) is 0 Å². The van der Waals surface area contributed by atoms with Crippen molar-refractivity contribution in [3.8, 4) is 11.1 Å². The average molecular weight is 292 g/mol. The van der Waals surface area contributed by atoms with Crippen LogP contribution < -0.4 is 0 Å². The van der Waals surface area contributed by atoms with Crippen molar-refractivity contribution in [3.63, 3.8) is 0 Å². The lowest BCUT2D eigenvalue weighted by Crippen LogP contribution is -2.20. The van der Waals surface area contributed by atoms with E-state index < -0.39 is 0 Å². The molecule has 1 aliphatic carbocycles. The van der Waals surface area contributed by atoms with Crippen LogP contribution in [0.4, 0.5) is 0 Å². The number of rotatable bonds is 3. The fourth-order valence-corrected chi connectivity index (χ4v) is 3.33. The fourth-order valence-electron chi connectivity index (χ4n) is 3.33. The summed E-state index contributed by atoms with van der Waals surface area (Å²) in [5.41, 5.74) is 4.52. The largest absolute Gasteiger partial charge is 0.294 e. The Labute approximate surface area is 133 Å². The maximum Gasteiger partial charge on any atom is 0.165 e. The zero-order chi connectivity index (χ0) is 15.5. The first-order chi connectivity index (χ1) is 10.6. The van der Waals surface area contributed by atoms with E-state index in [1.54, 1.807) is 0 Å². The normalized spacial score (nSPS) is 21.5. The van der Waals surface area contributed by atoms with Crippen LogP contribution in [0, 0.1) is 18.8 Å². The molecule has 3 rings (SSSR count). The van der Waals surface area contributed by atoms with Gasteiger partial charge in [0.2, 0.25) is 0 Å². The SMILES string of the molecule is Cc1ccc(-c2ccc(C(=O)C3CCC(C)CC3)cc2)cc1. The molecule has 0 spiro atoms. The van der Waals surface area contributed by atoms with Gasteiger partial charge in [0.1, 0.15) is 0 Å². The van der Waals surface area contributed by atoms with Gasteiger partial charge in [-0.15, -0.1) is 0 Å². The fraction of sp³-hybridized carbons (Fsp3) is 0.381. The highest BCUT2D eigenvalue weighted by molar-refractivity contribution is 5.98. The molecule has 0 N–H and O–H groups in total. The van der Waals surface area contributed by atoms with E-state index >= 15 is 0 Å². The number of carbonyl (C=O) groups excluding carboxylic acids is 1. The van der Waals surface area contributed by atoms with Crippen LogP contribution >= 0.6 is 0 Å². The van der Waals surface area contributed by atoms with E-state index in [1.807, 2.05) is 12.1 Å². The molecule has 1 aliphatic rings. The molecule has 1 saturated carbocycles. The molecular weight excluding hydrogens is 268 g/mol. The van der Waals surface area contributed by atoms with Crippen molar-refractivity contribution in [1.29, 1.82) is 0 Å². The molecule has 0 aromatic heterocycles. The third-order valence-electron chi connectivity index (χ3n) is 4.94. The monoisotopic (exact) mass is 292 g/mol. The molecule has 0 unspecified atom stereocenters. The number of hydrogen-bond acceptors (Lipinski definition) is 1. The van der Waals surface area contributed by atoms with Gasteiger partial charge in [-0.05, 0) is 36.8 Å². The number of Topliss-reactive ketones (excluding diaryl/α,β-unsaturated/α-hetero) is 1. The van der Waals surface area contributed by atoms with Crippen LogP contribution in [0.3, 0.4) is 0 Å². The van der Waals surface area contributed by atoms with Crippen molar-refractivity contribution in [2.75, 3.05) is 0 Å². The second-order valence-electron chi connectivity index (χ2n) is 6.76. The summed E-state index contributed by atoms with van der Waals surface area (Å²) < 4.78 is 0. The van der Waals surface area contributed by atoms with Crippen LogP contribution in [0.25, 0.3) is 11.1 Å². The van der Waals surface area contributed by atoms with Gasteiger partial charge in [-0.25, -0.2) is 0 Å². The van der Waals surface area contributed by atoms with Crippen molar-refractivity contribution >= 4 is 5.78 Å². The lowest BCUT2D eigenvalue weighted by Gasteiger charge is -2.25. The molecule has 0 saturated heterocycles. The minimum absolute atomic E-state index is 0.237. The first-order valence-electron chi connectivity index (χ1n) is 8.35. The number of ketones is 1. The zero-order valence-electron chi connectivity index (χ0n) is 13.5. The Morgan fingerprint density at radius 3 is 1.86 bits per heavy atom. The smallest absolute Gasteiger partial charge is 0.165 e. The Hall–Kier alpha value is -1.89. The van der Waals surface area contributed by atoms with Gasteiger partial charge < -0.3 is 0 Å². The number of hydrogen-bond donors (Lipinski definition) is 0. The molecule has 0 aliphatic heterocycles. The molecule has 0 heterocycles. The highest BCUT2D eigenvalue weighted by atomic mass is 16.1. The molecule has 0 radical (unpaired) electrons. The number of benzene rings is 2. The summed E-state index contributed by atoms with van der Waals surface area (Å²) in [7, 11) is 0. The van der Waals surface area contributed by atoms with Crippen molar-refractivity contribution in [1.82, 2.24) is 0 Å². The summed E-state index contributed by atoms with van der Waals surface area (Å²) in [4.78, 5) is 12.6. The lowest BCUT2D eigenvalue weighted by atomic mass is 9.79. The summed E-state index contributed by atoms with van der Waals surface area (Å²) in [6.07, 6.45) is 4.50. The Balaban J connectivity index is 1.73. The molecule has 0 amide bonds. The van der Waals surface area contributed by atoms with E-state index in [2.05, 4.69) is 50.2 Å². The predicted octanol–water partition coefficient (Wildman–Crippen LogP) is 5.67. The standard InChI is InChI=1S/C21H24O/c1-15-3-7-17(8-4-15)18-11-13-20(14-12-18)21(22)19-9-5-16(2)6-10-19/h3-4,7-8,11-14,16,19H,5-6,9-10H2,1-2H3. The maximum absolute atomic E-state index is 12.6. The number of carbonyl (C=O) groups is 1. The summed E-state index contributed by atoms with van der Waals surface area (Å²) >= 11 is 0. The van der Waals surface area contributed by atoms with Crippen molar-refractivity contribution in [2.45, 2.75) is 39.5 Å². The second kappa shape index (κ2) is 6.48. The lowest BCUT2D eigenvalue weighted by molar-refractivity contribution is 0.0875. The maximum atomic E-state index is 12.6. The Morgan fingerprint density at radius 1 is 0.818 bits per heavy atom. The van der Waals surface area contributed by atoms with Crippen LogP contribution in [0.15, 0.2) is 48.5 Å². The minimum Gasteiger partial charge on any atom is -0.294 e. The molecule has 1 fully saturated rings. The van der Waals surface area contributed by atoms with E-state index in [4.69, 9.17) is 0 Å². The van der Waals surface area contributed by atoms with Gasteiger partial charge in [0.15, 0.2) is 5.78 Å². The summed E-state index contributed by atoms with van der Waals surface area (Å²) in [5, 5.41) is 0. The van der Waals surface area contributed by atoms with Crippen LogP contribution in [-0.2, 0) is 0 Å². The minimum atomic E-state index is 0.237. The third-order valence-corrected chi connectivity index (χ3v) is 4.94. The summed E-state index contributed by atoms with van der Waals surface area (Å²) in [6, 6.07) is 16.6. The van der Waals surface area contributed by atoms with Crippen LogP contribution in [-0.4, -0.2) is 5.78 Å². The van der Waals surface area contributed by atoms with E-state index in [0.29, 0.717) is 5.78 Å². The number of aryl methyl sites for hydroxylation is 1. The second-order valence-corrected chi connectivity index (χ2v) is 6.76. The van der Waals surface area contributed by atoms with Gasteiger partial charge in [-0.2, -0.15) is 0 Å². The molecule has 0 atom stereocenters. The molecule has 2 aromatic rings. The van der Waals surface area contributed by atoms with Crippen molar-refractivity contribution in [2.24, 2.45) is 11.8 Å². The van der Waals surface area contributed by atoms with E-state index in [9.17, 15) is 4.79 Å². The molecule has 1 heteroatoms. The van der Waals surface area contributed by atoms with E-state index in [1.165, 1.54) is 29.5 Å².